The third kappa shape index (κ3) is 6.52. The van der Waals surface area contributed by atoms with Crippen molar-refractivity contribution in [2.75, 3.05) is 11.9 Å². The van der Waals surface area contributed by atoms with E-state index in [0.29, 0.717) is 33.5 Å². The Balaban J connectivity index is 1.82. The van der Waals surface area contributed by atoms with E-state index in [2.05, 4.69) is 5.32 Å². The number of rotatable bonds is 7. The lowest BCUT2D eigenvalue weighted by Crippen LogP contribution is -2.13. The van der Waals surface area contributed by atoms with E-state index >= 15 is 0 Å². The van der Waals surface area contributed by atoms with Gasteiger partial charge in [0.25, 0.3) is 5.91 Å². The van der Waals surface area contributed by atoms with Crippen molar-refractivity contribution in [3.05, 3.63) is 92.4 Å². The second-order valence-corrected chi connectivity index (χ2v) is 8.04. The Morgan fingerprint density at radius 2 is 1.71 bits per heavy atom. The predicted octanol–water partition coefficient (Wildman–Crippen LogP) is 6.81. The van der Waals surface area contributed by atoms with E-state index < -0.39 is 11.9 Å². The molecule has 0 aliphatic heterocycles. The average Bonchev–Trinajstić information content (AvgIpc) is 2.82. The number of benzene rings is 3. The first-order valence-electron chi connectivity index (χ1n) is 9.93. The lowest BCUT2D eigenvalue weighted by Gasteiger charge is -2.12. The molecule has 34 heavy (non-hydrogen) atoms. The molecule has 0 saturated heterocycles. The van der Waals surface area contributed by atoms with Crippen LogP contribution in [0.25, 0.3) is 6.08 Å². The standard InChI is InChI=1S/C25H17Cl3N2O4/c1-2-33-23-12-15(3-10-22(23)34-25(32)16-4-6-18(26)7-5-16)11-17(14-29)24(31)30-19-8-9-20(27)21(28)13-19/h3-13H,2H2,1H3,(H,30,31)/b17-11+. The summed E-state index contributed by atoms with van der Waals surface area (Å²) in [4.78, 5) is 25.0. The predicted molar refractivity (Wildman–Crippen MR) is 133 cm³/mol. The summed E-state index contributed by atoms with van der Waals surface area (Å²) < 4.78 is 11.1. The van der Waals surface area contributed by atoms with Crippen LogP contribution in [0.5, 0.6) is 11.5 Å². The number of esters is 1. The molecule has 0 aromatic heterocycles. The highest BCUT2D eigenvalue weighted by atomic mass is 35.5. The Morgan fingerprint density at radius 3 is 2.35 bits per heavy atom. The topological polar surface area (TPSA) is 88.4 Å². The van der Waals surface area contributed by atoms with Crippen LogP contribution in [0.4, 0.5) is 5.69 Å². The Kier molecular flexibility index (Phi) is 8.55. The number of nitriles is 1. The minimum Gasteiger partial charge on any atom is -0.490 e. The van der Waals surface area contributed by atoms with Crippen molar-refractivity contribution < 1.29 is 19.1 Å². The fourth-order valence-electron chi connectivity index (χ4n) is 2.80. The van der Waals surface area contributed by atoms with E-state index in [1.807, 2.05) is 6.07 Å². The number of carbonyl (C=O) groups is 2. The van der Waals surface area contributed by atoms with Crippen LogP contribution in [0, 0.1) is 11.3 Å². The zero-order valence-corrected chi connectivity index (χ0v) is 20.0. The molecule has 1 N–H and O–H groups in total. The van der Waals surface area contributed by atoms with Crippen LogP contribution in [0.3, 0.4) is 0 Å². The van der Waals surface area contributed by atoms with E-state index in [4.69, 9.17) is 44.3 Å². The van der Waals surface area contributed by atoms with Gasteiger partial charge in [0, 0.05) is 10.7 Å². The quantitative estimate of drug-likeness (QED) is 0.162. The summed E-state index contributed by atoms with van der Waals surface area (Å²) in [5, 5.41) is 13.2. The molecule has 3 aromatic carbocycles. The van der Waals surface area contributed by atoms with Crippen LogP contribution in [0.15, 0.2) is 66.2 Å². The maximum atomic E-state index is 12.6. The number of carbonyl (C=O) groups excluding carboxylic acids is 2. The normalized spacial score (nSPS) is 10.9. The summed E-state index contributed by atoms with van der Waals surface area (Å²) in [5.41, 5.74) is 1.05. The minimum absolute atomic E-state index is 0.153. The molecule has 6 nitrogen and oxygen atoms in total. The Labute approximate surface area is 211 Å². The highest BCUT2D eigenvalue weighted by molar-refractivity contribution is 6.42. The lowest BCUT2D eigenvalue weighted by atomic mass is 10.1. The van der Waals surface area contributed by atoms with Crippen LogP contribution in [-0.2, 0) is 4.79 Å². The molecule has 0 bridgehead atoms. The molecule has 0 aliphatic rings. The van der Waals surface area contributed by atoms with Crippen LogP contribution in [-0.4, -0.2) is 18.5 Å². The number of ether oxygens (including phenoxy) is 2. The maximum absolute atomic E-state index is 12.6. The second kappa shape index (κ2) is 11.6. The van der Waals surface area contributed by atoms with Gasteiger partial charge >= 0.3 is 5.97 Å². The van der Waals surface area contributed by atoms with Gasteiger partial charge in [0.05, 0.1) is 22.2 Å². The van der Waals surface area contributed by atoms with Gasteiger partial charge in [-0.05, 0) is 73.2 Å². The average molecular weight is 516 g/mol. The van der Waals surface area contributed by atoms with Gasteiger partial charge in [0.15, 0.2) is 11.5 Å². The molecule has 0 saturated carbocycles. The molecule has 0 unspecified atom stereocenters. The molecule has 0 heterocycles. The van der Waals surface area contributed by atoms with Crippen LogP contribution < -0.4 is 14.8 Å². The molecule has 0 aliphatic carbocycles. The fraction of sp³-hybridized carbons (Fsp3) is 0.0800. The number of hydrogen-bond acceptors (Lipinski definition) is 5. The smallest absolute Gasteiger partial charge is 0.343 e. The molecular formula is C25H17Cl3N2O4. The van der Waals surface area contributed by atoms with Gasteiger partial charge in [0.1, 0.15) is 11.6 Å². The Morgan fingerprint density at radius 1 is 0.971 bits per heavy atom. The summed E-state index contributed by atoms with van der Waals surface area (Å²) >= 11 is 17.7. The first-order valence-corrected chi connectivity index (χ1v) is 11.1. The zero-order chi connectivity index (χ0) is 24.7. The monoisotopic (exact) mass is 514 g/mol. The molecule has 9 heteroatoms. The first-order chi connectivity index (χ1) is 16.3. The second-order valence-electron chi connectivity index (χ2n) is 6.79. The van der Waals surface area contributed by atoms with Crippen LogP contribution in [0.2, 0.25) is 15.1 Å². The van der Waals surface area contributed by atoms with Crippen molar-refractivity contribution in [2.45, 2.75) is 6.92 Å². The van der Waals surface area contributed by atoms with E-state index in [0.717, 1.165) is 0 Å². The third-order valence-corrected chi connectivity index (χ3v) is 5.39. The van der Waals surface area contributed by atoms with E-state index in [1.54, 1.807) is 49.4 Å². The van der Waals surface area contributed by atoms with Gasteiger partial charge in [-0.2, -0.15) is 5.26 Å². The van der Waals surface area contributed by atoms with Crippen LogP contribution in [0.1, 0.15) is 22.8 Å². The highest BCUT2D eigenvalue weighted by Crippen LogP contribution is 2.31. The number of anilines is 1. The van der Waals surface area contributed by atoms with Crippen molar-refractivity contribution in [1.29, 1.82) is 5.26 Å². The summed E-state index contributed by atoms with van der Waals surface area (Å²) in [5.74, 6) is -0.741. The van der Waals surface area contributed by atoms with Gasteiger partial charge in [-0.1, -0.05) is 40.9 Å². The fourth-order valence-corrected chi connectivity index (χ4v) is 3.22. The molecule has 0 fully saturated rings. The van der Waals surface area contributed by atoms with Crippen LogP contribution >= 0.6 is 34.8 Å². The molecule has 0 atom stereocenters. The lowest BCUT2D eigenvalue weighted by molar-refractivity contribution is -0.112. The maximum Gasteiger partial charge on any atom is 0.343 e. The zero-order valence-electron chi connectivity index (χ0n) is 17.8. The molecule has 3 rings (SSSR count). The third-order valence-electron chi connectivity index (χ3n) is 4.40. The van der Waals surface area contributed by atoms with Gasteiger partial charge in [-0.25, -0.2) is 4.79 Å². The summed E-state index contributed by atoms with van der Waals surface area (Å²) in [7, 11) is 0. The summed E-state index contributed by atoms with van der Waals surface area (Å²) in [6.45, 7) is 2.08. The van der Waals surface area contributed by atoms with Crippen molar-refractivity contribution >= 4 is 58.4 Å². The number of nitrogens with one attached hydrogen (secondary N) is 1. The molecule has 0 radical (unpaired) electrons. The number of nitrogens with zero attached hydrogens (tertiary/aromatic N) is 1. The Hall–Kier alpha value is -3.50. The molecule has 172 valence electrons. The molecular weight excluding hydrogens is 499 g/mol. The first kappa shape index (κ1) is 25.1. The van der Waals surface area contributed by atoms with E-state index in [9.17, 15) is 14.9 Å². The summed E-state index contributed by atoms with van der Waals surface area (Å²) in [6.07, 6.45) is 1.39. The van der Waals surface area contributed by atoms with E-state index in [-0.39, 0.29) is 22.1 Å². The largest absolute Gasteiger partial charge is 0.490 e. The van der Waals surface area contributed by atoms with Gasteiger partial charge in [-0.15, -0.1) is 0 Å². The van der Waals surface area contributed by atoms with Crippen molar-refractivity contribution in [1.82, 2.24) is 0 Å². The molecule has 3 aromatic rings. The molecule has 1 amide bonds. The van der Waals surface area contributed by atoms with Crippen molar-refractivity contribution in [3.63, 3.8) is 0 Å². The van der Waals surface area contributed by atoms with Gasteiger partial charge in [-0.3, -0.25) is 4.79 Å². The van der Waals surface area contributed by atoms with Crippen molar-refractivity contribution in [3.8, 4) is 17.6 Å². The highest BCUT2D eigenvalue weighted by Gasteiger charge is 2.15. The summed E-state index contributed by atoms with van der Waals surface area (Å²) in [6, 6.07) is 17.4. The van der Waals surface area contributed by atoms with Crippen molar-refractivity contribution in [2.24, 2.45) is 0 Å². The minimum atomic E-state index is -0.628. The van der Waals surface area contributed by atoms with Gasteiger partial charge < -0.3 is 14.8 Å². The van der Waals surface area contributed by atoms with E-state index in [1.165, 1.54) is 24.3 Å². The van der Waals surface area contributed by atoms with Gasteiger partial charge in [0.2, 0.25) is 0 Å². The number of amides is 1. The molecule has 0 spiro atoms. The number of halogens is 3. The SMILES string of the molecule is CCOc1cc(/C=C(\C#N)C(=O)Nc2ccc(Cl)c(Cl)c2)ccc1OC(=O)c1ccc(Cl)cc1. The Bertz CT molecular complexity index is 1300. The number of hydrogen-bond donors (Lipinski definition) is 1.